The molecule has 0 bridgehead atoms. The zero-order valence-corrected chi connectivity index (χ0v) is 11.0. The number of amides is 1. The highest BCUT2D eigenvalue weighted by Gasteiger charge is 2.20. The number of hydrogen-bond acceptors (Lipinski definition) is 2. The second kappa shape index (κ2) is 4.88. The van der Waals surface area contributed by atoms with Crippen molar-refractivity contribution in [3.63, 3.8) is 0 Å². The van der Waals surface area contributed by atoms with Crippen LogP contribution in [0.1, 0.15) is 28.0 Å². The van der Waals surface area contributed by atoms with Gasteiger partial charge in [-0.2, -0.15) is 0 Å². The molecule has 1 aliphatic rings. The molecule has 4 heteroatoms. The van der Waals surface area contributed by atoms with E-state index in [0.29, 0.717) is 0 Å². The van der Waals surface area contributed by atoms with Crippen LogP contribution in [0.2, 0.25) is 0 Å². The molecular weight excluding hydrogens is 238 g/mol. The predicted molar refractivity (Wildman–Crippen MR) is 73.0 cm³/mol. The van der Waals surface area contributed by atoms with Crippen LogP contribution >= 0.6 is 0 Å². The first-order valence-corrected chi connectivity index (χ1v) is 6.59. The summed E-state index contributed by atoms with van der Waals surface area (Å²) in [6.45, 7) is 2.92. The summed E-state index contributed by atoms with van der Waals surface area (Å²) in [4.78, 5) is 16.3. The molecule has 4 nitrogen and oxygen atoms in total. The van der Waals surface area contributed by atoms with Gasteiger partial charge >= 0.3 is 0 Å². The number of carbonyl (C=O) groups is 1. The number of aromatic nitrogens is 2. The van der Waals surface area contributed by atoms with Crippen LogP contribution in [0.3, 0.4) is 0 Å². The summed E-state index contributed by atoms with van der Waals surface area (Å²) >= 11 is 0. The molecule has 2 aromatic rings. The van der Waals surface area contributed by atoms with Crippen molar-refractivity contribution in [3.8, 4) is 0 Å². The van der Waals surface area contributed by atoms with Gasteiger partial charge in [0.2, 0.25) is 0 Å². The number of imidazole rings is 1. The van der Waals surface area contributed by atoms with Crippen molar-refractivity contribution in [2.45, 2.75) is 32.4 Å². The van der Waals surface area contributed by atoms with Crippen molar-refractivity contribution in [1.29, 1.82) is 0 Å². The lowest BCUT2D eigenvalue weighted by molar-refractivity contribution is 0.0931. The molecule has 3 rings (SSSR count). The molecule has 0 radical (unpaired) electrons. The van der Waals surface area contributed by atoms with Crippen LogP contribution in [0.4, 0.5) is 0 Å². The lowest BCUT2D eigenvalue weighted by Crippen LogP contribution is -2.39. The van der Waals surface area contributed by atoms with Crippen molar-refractivity contribution in [1.82, 2.24) is 14.9 Å². The van der Waals surface area contributed by atoms with E-state index in [9.17, 15) is 4.79 Å². The molecule has 0 saturated carbocycles. The van der Waals surface area contributed by atoms with Gasteiger partial charge in [0, 0.05) is 36.5 Å². The molecule has 1 aliphatic heterocycles. The second-order valence-corrected chi connectivity index (χ2v) is 5.11. The van der Waals surface area contributed by atoms with Crippen molar-refractivity contribution in [3.05, 3.63) is 53.6 Å². The van der Waals surface area contributed by atoms with Gasteiger partial charge in [-0.3, -0.25) is 4.79 Å². The van der Waals surface area contributed by atoms with Crippen LogP contribution in [0, 0.1) is 6.92 Å². The van der Waals surface area contributed by atoms with Crippen molar-refractivity contribution < 1.29 is 4.79 Å². The van der Waals surface area contributed by atoms with Gasteiger partial charge in [0.15, 0.2) is 0 Å². The minimum Gasteiger partial charge on any atom is -0.349 e. The summed E-state index contributed by atoms with van der Waals surface area (Å²) in [5.74, 6) is 0.0154. The van der Waals surface area contributed by atoms with Gasteiger partial charge in [0.05, 0.1) is 6.33 Å². The Hall–Kier alpha value is -2.10. The van der Waals surface area contributed by atoms with Gasteiger partial charge in [0.25, 0.3) is 5.91 Å². The molecule has 0 spiro atoms. The monoisotopic (exact) mass is 255 g/mol. The van der Waals surface area contributed by atoms with E-state index < -0.39 is 0 Å². The van der Waals surface area contributed by atoms with Gasteiger partial charge < -0.3 is 9.88 Å². The van der Waals surface area contributed by atoms with Crippen LogP contribution in [0.15, 0.2) is 36.8 Å². The predicted octanol–water partition coefficient (Wildman–Crippen LogP) is 1.94. The van der Waals surface area contributed by atoms with Gasteiger partial charge in [-0.1, -0.05) is 17.7 Å². The summed E-state index contributed by atoms with van der Waals surface area (Å²) < 4.78 is 2.15. The maximum atomic E-state index is 12.2. The van der Waals surface area contributed by atoms with E-state index in [1.54, 1.807) is 0 Å². The largest absolute Gasteiger partial charge is 0.349 e. The Balaban J connectivity index is 1.68. The van der Waals surface area contributed by atoms with E-state index in [2.05, 4.69) is 14.9 Å². The van der Waals surface area contributed by atoms with E-state index in [1.807, 2.05) is 43.7 Å². The molecule has 0 fully saturated rings. The van der Waals surface area contributed by atoms with E-state index in [1.165, 1.54) is 5.69 Å². The van der Waals surface area contributed by atoms with E-state index in [0.717, 1.165) is 30.5 Å². The number of nitrogens with zero attached hydrogens (tertiary/aromatic N) is 2. The first-order chi connectivity index (χ1) is 9.22. The first-order valence-electron chi connectivity index (χ1n) is 6.59. The topological polar surface area (TPSA) is 46.9 Å². The maximum Gasteiger partial charge on any atom is 0.251 e. The molecule has 1 atom stereocenters. The first kappa shape index (κ1) is 12.0. The minimum atomic E-state index is 0.0154. The molecule has 1 aromatic carbocycles. The van der Waals surface area contributed by atoms with E-state index in [-0.39, 0.29) is 11.9 Å². The summed E-state index contributed by atoms with van der Waals surface area (Å²) in [5, 5.41) is 3.11. The molecule has 1 amide bonds. The SMILES string of the molecule is Cc1cccc(C(=O)NC2CCn3cncc3C2)c1. The van der Waals surface area contributed by atoms with Crippen LogP contribution in [0.25, 0.3) is 0 Å². The Morgan fingerprint density at radius 2 is 2.37 bits per heavy atom. The number of benzene rings is 1. The molecule has 1 unspecified atom stereocenters. The molecule has 1 aromatic heterocycles. The average Bonchev–Trinajstić information content (AvgIpc) is 2.86. The van der Waals surface area contributed by atoms with Crippen molar-refractivity contribution in [2.75, 3.05) is 0 Å². The van der Waals surface area contributed by atoms with E-state index in [4.69, 9.17) is 0 Å². The Morgan fingerprint density at radius 3 is 3.21 bits per heavy atom. The van der Waals surface area contributed by atoms with Gasteiger partial charge in [-0.15, -0.1) is 0 Å². The van der Waals surface area contributed by atoms with Crippen LogP contribution in [-0.4, -0.2) is 21.5 Å². The molecule has 2 heterocycles. The maximum absolute atomic E-state index is 12.2. The lowest BCUT2D eigenvalue weighted by Gasteiger charge is -2.24. The van der Waals surface area contributed by atoms with Crippen molar-refractivity contribution >= 4 is 5.91 Å². The normalized spacial score (nSPS) is 17.8. The summed E-state index contributed by atoms with van der Waals surface area (Å²) in [6, 6.07) is 7.89. The number of rotatable bonds is 2. The third-order valence-corrected chi connectivity index (χ3v) is 3.59. The Labute approximate surface area is 112 Å². The zero-order chi connectivity index (χ0) is 13.2. The highest BCUT2D eigenvalue weighted by atomic mass is 16.1. The lowest BCUT2D eigenvalue weighted by atomic mass is 10.0. The fourth-order valence-electron chi connectivity index (χ4n) is 2.55. The summed E-state index contributed by atoms with van der Waals surface area (Å²) in [5.41, 5.74) is 3.04. The number of aryl methyl sites for hydroxylation is 2. The molecule has 98 valence electrons. The fourth-order valence-corrected chi connectivity index (χ4v) is 2.55. The average molecular weight is 255 g/mol. The minimum absolute atomic E-state index is 0.0154. The molecule has 0 saturated heterocycles. The standard InChI is InChI=1S/C15H17N3O/c1-11-3-2-4-12(7-11)15(19)17-13-5-6-18-10-16-9-14(18)8-13/h2-4,7,9-10,13H,5-6,8H2,1H3,(H,17,19). The molecule has 1 N–H and O–H groups in total. The fraction of sp³-hybridized carbons (Fsp3) is 0.333. The molecule has 0 aliphatic carbocycles. The number of hydrogen-bond donors (Lipinski definition) is 1. The van der Waals surface area contributed by atoms with Gasteiger partial charge in [0.1, 0.15) is 0 Å². The highest BCUT2D eigenvalue weighted by Crippen LogP contribution is 2.15. The van der Waals surface area contributed by atoms with Crippen LogP contribution in [0.5, 0.6) is 0 Å². The third-order valence-electron chi connectivity index (χ3n) is 3.59. The smallest absolute Gasteiger partial charge is 0.251 e. The van der Waals surface area contributed by atoms with Crippen LogP contribution < -0.4 is 5.32 Å². The number of fused-ring (bicyclic) bond motifs is 1. The second-order valence-electron chi connectivity index (χ2n) is 5.11. The Kier molecular flexibility index (Phi) is 3.07. The Morgan fingerprint density at radius 1 is 1.47 bits per heavy atom. The quantitative estimate of drug-likeness (QED) is 0.891. The van der Waals surface area contributed by atoms with Crippen LogP contribution in [-0.2, 0) is 13.0 Å². The van der Waals surface area contributed by atoms with Crippen molar-refractivity contribution in [2.24, 2.45) is 0 Å². The zero-order valence-electron chi connectivity index (χ0n) is 11.0. The number of nitrogens with one attached hydrogen (secondary N) is 1. The van der Waals surface area contributed by atoms with Gasteiger partial charge in [-0.25, -0.2) is 4.98 Å². The van der Waals surface area contributed by atoms with E-state index >= 15 is 0 Å². The summed E-state index contributed by atoms with van der Waals surface area (Å²) in [7, 11) is 0. The Bertz CT molecular complexity index is 603. The summed E-state index contributed by atoms with van der Waals surface area (Å²) in [6.07, 6.45) is 5.55. The van der Waals surface area contributed by atoms with Gasteiger partial charge in [-0.05, 0) is 25.5 Å². The highest BCUT2D eigenvalue weighted by molar-refractivity contribution is 5.94. The molecule has 19 heavy (non-hydrogen) atoms. The molecular formula is C15H17N3O. The number of carbonyl (C=O) groups excluding carboxylic acids is 1. The third kappa shape index (κ3) is 2.52.